The third kappa shape index (κ3) is 3.87. The maximum atomic E-state index is 12.8. The molecule has 6 nitrogen and oxygen atoms in total. The van der Waals surface area contributed by atoms with Gasteiger partial charge in [-0.3, -0.25) is 9.59 Å². The van der Waals surface area contributed by atoms with Crippen LogP contribution in [0.15, 0.2) is 66.8 Å². The first kappa shape index (κ1) is 20.2. The van der Waals surface area contributed by atoms with Crippen LogP contribution in [0.25, 0.3) is 5.76 Å². The zero-order valence-corrected chi connectivity index (χ0v) is 16.4. The molecule has 150 valence electrons. The molecule has 6 heteroatoms. The van der Waals surface area contributed by atoms with E-state index < -0.39 is 17.7 Å². The lowest BCUT2D eigenvalue weighted by atomic mass is 9.95. The van der Waals surface area contributed by atoms with E-state index in [4.69, 9.17) is 9.47 Å². The normalized spacial score (nSPS) is 18.0. The van der Waals surface area contributed by atoms with Gasteiger partial charge in [0.05, 0.1) is 25.3 Å². The SMILES string of the molecule is C=CCN1C(=O)C(=O)C(=C(O)c2ccc(OCC)cc2)[C@H]1c1ccc(OC)cc1. The van der Waals surface area contributed by atoms with Crippen molar-refractivity contribution in [2.24, 2.45) is 0 Å². The summed E-state index contributed by atoms with van der Waals surface area (Å²) in [5.74, 6) is -0.306. The van der Waals surface area contributed by atoms with Crippen LogP contribution in [0, 0.1) is 0 Å². The first-order valence-corrected chi connectivity index (χ1v) is 9.28. The lowest BCUT2D eigenvalue weighted by Gasteiger charge is -2.24. The van der Waals surface area contributed by atoms with Crippen molar-refractivity contribution in [3.63, 3.8) is 0 Å². The molecule has 1 N–H and O–H groups in total. The Labute approximate surface area is 169 Å². The molecular formula is C23H23NO5. The van der Waals surface area contributed by atoms with E-state index in [1.54, 1.807) is 61.7 Å². The third-order valence-corrected chi connectivity index (χ3v) is 4.74. The maximum absolute atomic E-state index is 12.8. The number of hydrogen-bond acceptors (Lipinski definition) is 5. The van der Waals surface area contributed by atoms with Gasteiger partial charge in [-0.2, -0.15) is 0 Å². The Morgan fingerprint density at radius 2 is 1.72 bits per heavy atom. The number of amides is 1. The smallest absolute Gasteiger partial charge is 0.295 e. The number of hydrogen-bond donors (Lipinski definition) is 1. The molecule has 1 aliphatic heterocycles. The van der Waals surface area contributed by atoms with E-state index in [9.17, 15) is 14.7 Å². The number of Topliss-reactive ketones (excluding diaryl/α,β-unsaturated/α-hetero) is 1. The number of carbonyl (C=O) groups excluding carboxylic acids is 2. The molecule has 1 amide bonds. The molecule has 1 atom stereocenters. The molecule has 0 aromatic heterocycles. The molecule has 1 fully saturated rings. The minimum Gasteiger partial charge on any atom is -0.507 e. The fourth-order valence-electron chi connectivity index (χ4n) is 3.37. The van der Waals surface area contributed by atoms with E-state index >= 15 is 0 Å². The summed E-state index contributed by atoms with van der Waals surface area (Å²) in [7, 11) is 1.56. The van der Waals surface area contributed by atoms with Crippen molar-refractivity contribution in [1.29, 1.82) is 0 Å². The molecule has 0 unspecified atom stereocenters. The molecule has 2 aromatic carbocycles. The summed E-state index contributed by atoms with van der Waals surface area (Å²) in [6.45, 7) is 6.26. The fraction of sp³-hybridized carbons (Fsp3) is 0.217. The molecule has 3 rings (SSSR count). The van der Waals surface area contributed by atoms with Crippen LogP contribution in [0.1, 0.15) is 24.1 Å². The topological polar surface area (TPSA) is 76.1 Å². The van der Waals surface area contributed by atoms with E-state index in [1.165, 1.54) is 4.90 Å². The van der Waals surface area contributed by atoms with Crippen LogP contribution in [0.2, 0.25) is 0 Å². The van der Waals surface area contributed by atoms with Crippen LogP contribution in [-0.2, 0) is 9.59 Å². The summed E-state index contributed by atoms with van der Waals surface area (Å²) in [6, 6.07) is 13.1. The molecule has 29 heavy (non-hydrogen) atoms. The molecule has 2 aromatic rings. The van der Waals surface area contributed by atoms with Gasteiger partial charge in [-0.1, -0.05) is 18.2 Å². The second kappa shape index (κ2) is 8.65. The molecule has 0 bridgehead atoms. The molecule has 0 radical (unpaired) electrons. The molecule has 1 saturated heterocycles. The van der Waals surface area contributed by atoms with Crippen molar-refractivity contribution in [3.8, 4) is 11.5 Å². The maximum Gasteiger partial charge on any atom is 0.295 e. The van der Waals surface area contributed by atoms with Gasteiger partial charge >= 0.3 is 0 Å². The highest BCUT2D eigenvalue weighted by Gasteiger charge is 2.45. The van der Waals surface area contributed by atoms with Crippen molar-refractivity contribution < 1.29 is 24.2 Å². The van der Waals surface area contributed by atoms with Gasteiger partial charge in [0.15, 0.2) is 0 Å². The fourth-order valence-corrected chi connectivity index (χ4v) is 3.37. The van der Waals surface area contributed by atoms with Gasteiger partial charge in [-0.25, -0.2) is 0 Å². The number of ketones is 1. The first-order chi connectivity index (χ1) is 14.0. The Bertz CT molecular complexity index is 944. The van der Waals surface area contributed by atoms with Crippen molar-refractivity contribution >= 4 is 17.4 Å². The minimum atomic E-state index is -0.723. The summed E-state index contributed by atoms with van der Waals surface area (Å²) < 4.78 is 10.6. The number of methoxy groups -OCH3 is 1. The number of rotatable bonds is 7. The van der Waals surface area contributed by atoms with Crippen molar-refractivity contribution in [3.05, 3.63) is 77.9 Å². The van der Waals surface area contributed by atoms with Crippen LogP contribution in [0.3, 0.4) is 0 Å². The summed E-state index contributed by atoms with van der Waals surface area (Å²) in [5, 5.41) is 10.9. The van der Waals surface area contributed by atoms with Gasteiger partial charge in [0.25, 0.3) is 11.7 Å². The zero-order chi connectivity index (χ0) is 21.0. The monoisotopic (exact) mass is 393 g/mol. The van der Waals surface area contributed by atoms with Crippen LogP contribution < -0.4 is 9.47 Å². The Kier molecular flexibility index (Phi) is 6.02. The number of carbonyl (C=O) groups is 2. The highest BCUT2D eigenvalue weighted by atomic mass is 16.5. The third-order valence-electron chi connectivity index (χ3n) is 4.74. The predicted octanol–water partition coefficient (Wildman–Crippen LogP) is 3.70. The van der Waals surface area contributed by atoms with Crippen LogP contribution in [0.4, 0.5) is 0 Å². The zero-order valence-electron chi connectivity index (χ0n) is 16.4. The van der Waals surface area contributed by atoms with E-state index in [0.717, 1.165) is 0 Å². The number of likely N-dealkylation sites (tertiary alicyclic amines) is 1. The number of aliphatic hydroxyl groups excluding tert-OH is 1. The molecular weight excluding hydrogens is 370 g/mol. The highest BCUT2D eigenvalue weighted by molar-refractivity contribution is 6.46. The summed E-state index contributed by atoms with van der Waals surface area (Å²) >= 11 is 0. The van der Waals surface area contributed by atoms with Crippen molar-refractivity contribution in [2.75, 3.05) is 20.3 Å². The number of ether oxygens (including phenoxy) is 2. The lowest BCUT2D eigenvalue weighted by Crippen LogP contribution is -2.29. The van der Waals surface area contributed by atoms with E-state index in [-0.39, 0.29) is 17.9 Å². The van der Waals surface area contributed by atoms with E-state index in [0.29, 0.717) is 29.2 Å². The summed E-state index contributed by atoms with van der Waals surface area (Å²) in [5.41, 5.74) is 1.18. The Balaban J connectivity index is 2.10. The Morgan fingerprint density at radius 1 is 1.10 bits per heavy atom. The average molecular weight is 393 g/mol. The van der Waals surface area contributed by atoms with Crippen LogP contribution in [-0.4, -0.2) is 42.0 Å². The molecule has 0 spiro atoms. The van der Waals surface area contributed by atoms with Crippen molar-refractivity contribution in [2.45, 2.75) is 13.0 Å². The minimum absolute atomic E-state index is 0.0474. The predicted molar refractivity (Wildman–Crippen MR) is 110 cm³/mol. The van der Waals surface area contributed by atoms with Gasteiger partial charge in [0.2, 0.25) is 0 Å². The second-order valence-corrected chi connectivity index (χ2v) is 6.47. The highest BCUT2D eigenvalue weighted by Crippen LogP contribution is 2.39. The van der Waals surface area contributed by atoms with Gasteiger partial charge in [0.1, 0.15) is 17.3 Å². The van der Waals surface area contributed by atoms with Gasteiger partial charge in [-0.05, 0) is 48.9 Å². The van der Waals surface area contributed by atoms with Gasteiger partial charge < -0.3 is 19.5 Å². The summed E-state index contributed by atoms with van der Waals surface area (Å²) in [6.07, 6.45) is 1.55. The van der Waals surface area contributed by atoms with Crippen LogP contribution in [0.5, 0.6) is 11.5 Å². The standard InChI is InChI=1S/C23H23NO5/c1-4-14-24-20(15-6-10-17(28-3)11-7-15)19(22(26)23(24)27)21(25)16-8-12-18(13-9-16)29-5-2/h4,6-13,20,25H,1,5,14H2,2-3H3/t20-/m1/s1. The van der Waals surface area contributed by atoms with Gasteiger partial charge in [-0.15, -0.1) is 6.58 Å². The molecule has 0 saturated carbocycles. The molecule has 1 heterocycles. The van der Waals surface area contributed by atoms with Gasteiger partial charge in [0, 0.05) is 12.1 Å². The van der Waals surface area contributed by atoms with E-state index in [2.05, 4.69) is 6.58 Å². The molecule has 0 aliphatic carbocycles. The van der Waals surface area contributed by atoms with Crippen molar-refractivity contribution in [1.82, 2.24) is 4.90 Å². The Morgan fingerprint density at radius 3 is 2.28 bits per heavy atom. The number of benzene rings is 2. The largest absolute Gasteiger partial charge is 0.507 e. The van der Waals surface area contributed by atoms with Crippen LogP contribution >= 0.6 is 0 Å². The Hall–Kier alpha value is -3.54. The van der Waals surface area contributed by atoms with E-state index in [1.807, 2.05) is 6.92 Å². The quantitative estimate of drug-likeness (QED) is 0.336. The second-order valence-electron chi connectivity index (χ2n) is 6.47. The average Bonchev–Trinajstić information content (AvgIpc) is 2.99. The molecule has 1 aliphatic rings. The number of aliphatic hydroxyl groups is 1. The number of nitrogens with zero attached hydrogens (tertiary/aromatic N) is 1. The lowest BCUT2D eigenvalue weighted by molar-refractivity contribution is -0.139. The summed E-state index contributed by atoms with van der Waals surface area (Å²) in [4.78, 5) is 26.8. The first-order valence-electron chi connectivity index (χ1n) is 9.28.